The van der Waals surface area contributed by atoms with E-state index < -0.39 is 6.09 Å². The normalized spacial score (nSPS) is 10.8. The van der Waals surface area contributed by atoms with Gasteiger partial charge in [0.25, 0.3) is 0 Å². The van der Waals surface area contributed by atoms with E-state index in [1.54, 1.807) is 13.0 Å². The topological polar surface area (TPSA) is 51.5 Å². The highest BCUT2D eigenvalue weighted by atomic mass is 16.5. The van der Waals surface area contributed by atoms with Crippen LogP contribution in [0.2, 0.25) is 0 Å². The van der Waals surface area contributed by atoms with Gasteiger partial charge in [0.15, 0.2) is 0 Å². The van der Waals surface area contributed by atoms with Gasteiger partial charge < -0.3 is 9.15 Å². The minimum atomic E-state index is -0.460. The maximum Gasteiger partial charge on any atom is 0.411 e. The van der Waals surface area contributed by atoms with Crippen molar-refractivity contribution in [2.45, 2.75) is 6.92 Å². The third kappa shape index (κ3) is 2.12. The van der Waals surface area contributed by atoms with E-state index >= 15 is 0 Å². The van der Waals surface area contributed by atoms with Crippen LogP contribution in [0.4, 0.5) is 10.5 Å². The Morgan fingerprint density at radius 1 is 1.16 bits per heavy atom. The second-order valence-electron chi connectivity index (χ2n) is 4.15. The number of furan rings is 1. The molecule has 0 aliphatic heterocycles. The maximum atomic E-state index is 11.4. The van der Waals surface area contributed by atoms with Crippen LogP contribution >= 0.6 is 0 Å². The maximum absolute atomic E-state index is 11.4. The average molecular weight is 255 g/mol. The van der Waals surface area contributed by atoms with E-state index in [-0.39, 0.29) is 0 Å². The zero-order valence-corrected chi connectivity index (χ0v) is 10.5. The predicted molar refractivity (Wildman–Crippen MR) is 74.4 cm³/mol. The quantitative estimate of drug-likeness (QED) is 0.748. The van der Waals surface area contributed by atoms with E-state index in [1.807, 2.05) is 36.4 Å². The Kier molecular flexibility index (Phi) is 2.83. The summed E-state index contributed by atoms with van der Waals surface area (Å²) in [6.45, 7) is 2.11. The molecule has 0 atom stereocenters. The monoisotopic (exact) mass is 255 g/mol. The molecule has 0 saturated heterocycles. The second-order valence-corrected chi connectivity index (χ2v) is 4.15. The van der Waals surface area contributed by atoms with Crippen molar-refractivity contribution in [2.24, 2.45) is 0 Å². The fourth-order valence-electron chi connectivity index (χ4n) is 2.09. The van der Waals surface area contributed by atoms with Crippen molar-refractivity contribution in [3.8, 4) is 0 Å². The molecule has 3 rings (SSSR count). The number of anilines is 1. The van der Waals surface area contributed by atoms with Gasteiger partial charge in [-0.05, 0) is 25.1 Å². The van der Waals surface area contributed by atoms with Gasteiger partial charge in [0.2, 0.25) is 0 Å². The number of carbonyl (C=O) groups excluding carboxylic acids is 1. The van der Waals surface area contributed by atoms with Gasteiger partial charge in [-0.1, -0.05) is 18.2 Å². The van der Waals surface area contributed by atoms with Crippen LogP contribution in [-0.2, 0) is 4.74 Å². The summed E-state index contributed by atoms with van der Waals surface area (Å²) in [6, 6.07) is 13.4. The highest BCUT2D eigenvalue weighted by Crippen LogP contribution is 2.30. The molecule has 0 aliphatic carbocycles. The fraction of sp³-hybridized carbons (Fsp3) is 0.133. The largest absolute Gasteiger partial charge is 0.456 e. The van der Waals surface area contributed by atoms with E-state index in [2.05, 4.69) is 5.32 Å². The Labute approximate surface area is 110 Å². The molecule has 2 aromatic carbocycles. The lowest BCUT2D eigenvalue weighted by Crippen LogP contribution is -2.12. The second kappa shape index (κ2) is 4.65. The molecule has 4 heteroatoms. The summed E-state index contributed by atoms with van der Waals surface area (Å²) in [5, 5.41) is 4.76. The van der Waals surface area contributed by atoms with Crippen molar-refractivity contribution < 1.29 is 13.9 Å². The van der Waals surface area contributed by atoms with E-state index in [1.165, 1.54) is 0 Å². The first-order chi connectivity index (χ1) is 9.28. The number of carbonyl (C=O) groups is 1. The molecule has 0 spiro atoms. The van der Waals surface area contributed by atoms with Crippen LogP contribution < -0.4 is 5.32 Å². The Morgan fingerprint density at radius 2 is 1.95 bits per heavy atom. The standard InChI is InChI=1S/C15H13NO3/c1-2-18-15(17)16-10-7-8-12-11-5-3-4-6-13(11)19-14(12)9-10/h3-9H,2H2,1H3,(H,16,17). The van der Waals surface area contributed by atoms with E-state index in [9.17, 15) is 4.79 Å². The molecule has 1 heterocycles. The Bertz CT molecular complexity index is 745. The summed E-state index contributed by atoms with van der Waals surface area (Å²) < 4.78 is 10.6. The molecular weight excluding hydrogens is 242 g/mol. The van der Waals surface area contributed by atoms with Gasteiger partial charge in [0, 0.05) is 22.5 Å². The van der Waals surface area contributed by atoms with Crippen molar-refractivity contribution in [1.82, 2.24) is 0 Å². The van der Waals surface area contributed by atoms with Crippen molar-refractivity contribution >= 4 is 33.7 Å². The predicted octanol–water partition coefficient (Wildman–Crippen LogP) is 4.15. The molecule has 3 aromatic rings. The average Bonchev–Trinajstić information content (AvgIpc) is 2.76. The number of para-hydroxylation sites is 1. The zero-order valence-electron chi connectivity index (χ0n) is 10.5. The molecule has 1 aromatic heterocycles. The van der Waals surface area contributed by atoms with Crippen LogP contribution in [0.25, 0.3) is 21.9 Å². The van der Waals surface area contributed by atoms with Crippen LogP contribution in [0, 0.1) is 0 Å². The van der Waals surface area contributed by atoms with E-state index in [0.717, 1.165) is 21.9 Å². The summed E-state index contributed by atoms with van der Waals surface area (Å²) in [4.78, 5) is 11.4. The fourth-order valence-corrected chi connectivity index (χ4v) is 2.09. The van der Waals surface area contributed by atoms with Crippen molar-refractivity contribution in [3.63, 3.8) is 0 Å². The molecule has 0 saturated carbocycles. The molecule has 0 radical (unpaired) electrons. The smallest absolute Gasteiger partial charge is 0.411 e. The molecule has 0 aliphatic rings. The summed E-state index contributed by atoms with van der Waals surface area (Å²) in [7, 11) is 0. The lowest BCUT2D eigenvalue weighted by atomic mass is 10.1. The first-order valence-corrected chi connectivity index (χ1v) is 6.13. The first-order valence-electron chi connectivity index (χ1n) is 6.13. The SMILES string of the molecule is CCOC(=O)Nc1ccc2c(c1)oc1ccccc12. The number of amides is 1. The van der Waals surface area contributed by atoms with Crippen LogP contribution in [0.1, 0.15) is 6.92 Å². The Morgan fingerprint density at radius 3 is 2.79 bits per heavy atom. The van der Waals surface area contributed by atoms with Gasteiger partial charge in [0.05, 0.1) is 6.61 Å². The molecule has 0 unspecified atom stereocenters. The lowest BCUT2D eigenvalue weighted by Gasteiger charge is -2.04. The molecule has 4 nitrogen and oxygen atoms in total. The zero-order chi connectivity index (χ0) is 13.2. The van der Waals surface area contributed by atoms with Crippen LogP contribution in [-0.4, -0.2) is 12.7 Å². The molecule has 0 bridgehead atoms. The van der Waals surface area contributed by atoms with Crippen molar-refractivity contribution in [1.29, 1.82) is 0 Å². The van der Waals surface area contributed by atoms with Crippen LogP contribution in [0.15, 0.2) is 46.9 Å². The minimum absolute atomic E-state index is 0.346. The molecule has 96 valence electrons. The number of hydrogen-bond donors (Lipinski definition) is 1. The highest BCUT2D eigenvalue weighted by Gasteiger charge is 2.08. The summed E-state index contributed by atoms with van der Waals surface area (Å²) in [5.41, 5.74) is 2.24. The number of benzene rings is 2. The van der Waals surface area contributed by atoms with Crippen molar-refractivity contribution in [2.75, 3.05) is 11.9 Å². The van der Waals surface area contributed by atoms with Crippen molar-refractivity contribution in [3.05, 3.63) is 42.5 Å². The Balaban J connectivity index is 2.01. The number of ether oxygens (including phenoxy) is 1. The van der Waals surface area contributed by atoms with Gasteiger partial charge in [-0.2, -0.15) is 0 Å². The first kappa shape index (κ1) is 11.6. The van der Waals surface area contributed by atoms with Gasteiger partial charge in [-0.3, -0.25) is 5.32 Å². The summed E-state index contributed by atoms with van der Waals surface area (Å²) in [6.07, 6.45) is -0.460. The number of rotatable bonds is 2. The van der Waals surface area contributed by atoms with Gasteiger partial charge in [0.1, 0.15) is 11.2 Å². The summed E-state index contributed by atoms with van der Waals surface area (Å²) >= 11 is 0. The van der Waals surface area contributed by atoms with Gasteiger partial charge in [-0.15, -0.1) is 0 Å². The molecule has 1 amide bonds. The Hall–Kier alpha value is -2.49. The molecule has 0 fully saturated rings. The third-order valence-corrected chi connectivity index (χ3v) is 2.90. The van der Waals surface area contributed by atoms with Gasteiger partial charge >= 0.3 is 6.09 Å². The molecule has 1 N–H and O–H groups in total. The van der Waals surface area contributed by atoms with Crippen LogP contribution in [0.3, 0.4) is 0 Å². The lowest BCUT2D eigenvalue weighted by molar-refractivity contribution is 0.168. The number of fused-ring (bicyclic) bond motifs is 3. The van der Waals surface area contributed by atoms with E-state index in [4.69, 9.17) is 9.15 Å². The highest BCUT2D eigenvalue weighted by molar-refractivity contribution is 6.06. The number of hydrogen-bond acceptors (Lipinski definition) is 3. The van der Waals surface area contributed by atoms with E-state index in [0.29, 0.717) is 12.3 Å². The molecular formula is C15H13NO3. The number of nitrogens with one attached hydrogen (secondary N) is 1. The molecule has 19 heavy (non-hydrogen) atoms. The summed E-state index contributed by atoms with van der Waals surface area (Å²) in [5.74, 6) is 0. The minimum Gasteiger partial charge on any atom is -0.456 e. The third-order valence-electron chi connectivity index (χ3n) is 2.90. The van der Waals surface area contributed by atoms with Crippen LogP contribution in [0.5, 0.6) is 0 Å². The van der Waals surface area contributed by atoms with Gasteiger partial charge in [-0.25, -0.2) is 4.79 Å².